The normalized spacial score (nSPS) is 10.9. The van der Waals surface area contributed by atoms with E-state index in [1.165, 1.54) is 11.3 Å². The molecule has 4 rings (SSSR count). The standard InChI is InChI=1S/C22H22N4O3S2/c1-3-26(4-2)22-25-21-18(31-22)12-17(30-21)20(28)24-16-10-6-5-9-15(16)19(27)23-13-14-8-7-11-29-14/h5-12H,3-4,13H2,1-2H3,(H,23,27)(H,24,28). The van der Waals surface area contributed by atoms with Crippen LogP contribution < -0.4 is 15.5 Å². The zero-order valence-electron chi connectivity index (χ0n) is 17.2. The maximum atomic E-state index is 12.9. The number of aromatic nitrogens is 1. The van der Waals surface area contributed by atoms with Crippen molar-refractivity contribution in [2.75, 3.05) is 23.3 Å². The van der Waals surface area contributed by atoms with Gasteiger partial charge in [-0.25, -0.2) is 4.98 Å². The number of benzene rings is 1. The monoisotopic (exact) mass is 454 g/mol. The summed E-state index contributed by atoms with van der Waals surface area (Å²) in [5.41, 5.74) is 0.848. The van der Waals surface area contributed by atoms with Crippen molar-refractivity contribution in [3.63, 3.8) is 0 Å². The van der Waals surface area contributed by atoms with E-state index in [0.717, 1.165) is 27.8 Å². The van der Waals surface area contributed by atoms with Crippen LogP contribution in [0.3, 0.4) is 0 Å². The third-order valence-electron chi connectivity index (χ3n) is 4.76. The Balaban J connectivity index is 1.48. The van der Waals surface area contributed by atoms with Crippen molar-refractivity contribution in [1.82, 2.24) is 10.3 Å². The molecule has 3 heterocycles. The number of carbonyl (C=O) groups excluding carboxylic acids is 2. The number of furan rings is 1. The van der Waals surface area contributed by atoms with Crippen molar-refractivity contribution in [3.05, 3.63) is 64.9 Å². The van der Waals surface area contributed by atoms with Gasteiger partial charge in [0.15, 0.2) is 5.13 Å². The van der Waals surface area contributed by atoms with Crippen LogP contribution in [0.1, 0.15) is 39.6 Å². The fourth-order valence-electron chi connectivity index (χ4n) is 3.11. The summed E-state index contributed by atoms with van der Waals surface area (Å²) in [4.78, 5) is 33.7. The van der Waals surface area contributed by atoms with E-state index in [9.17, 15) is 9.59 Å². The van der Waals surface area contributed by atoms with Crippen molar-refractivity contribution in [1.29, 1.82) is 0 Å². The number of nitrogens with one attached hydrogen (secondary N) is 2. The van der Waals surface area contributed by atoms with Crippen molar-refractivity contribution in [3.8, 4) is 0 Å². The lowest BCUT2D eigenvalue weighted by Crippen LogP contribution is -2.24. The van der Waals surface area contributed by atoms with Crippen LogP contribution >= 0.6 is 22.7 Å². The molecule has 2 N–H and O–H groups in total. The van der Waals surface area contributed by atoms with Crippen LogP contribution in [-0.4, -0.2) is 29.9 Å². The summed E-state index contributed by atoms with van der Waals surface area (Å²) in [6.07, 6.45) is 1.56. The van der Waals surface area contributed by atoms with Crippen LogP contribution in [0.15, 0.2) is 53.1 Å². The first-order chi connectivity index (χ1) is 15.1. The summed E-state index contributed by atoms with van der Waals surface area (Å²) >= 11 is 2.94. The molecule has 0 aliphatic carbocycles. The van der Waals surface area contributed by atoms with E-state index in [4.69, 9.17) is 4.42 Å². The van der Waals surface area contributed by atoms with Gasteiger partial charge in [-0.15, -0.1) is 11.3 Å². The lowest BCUT2D eigenvalue weighted by Gasteiger charge is -2.16. The van der Waals surface area contributed by atoms with Gasteiger partial charge < -0.3 is 20.0 Å². The summed E-state index contributed by atoms with van der Waals surface area (Å²) in [5.74, 6) is 0.112. The molecule has 0 bridgehead atoms. The second-order valence-electron chi connectivity index (χ2n) is 6.71. The Bertz CT molecular complexity index is 1160. The Labute approximate surface area is 187 Å². The molecular weight excluding hydrogens is 432 g/mol. The number of hydrogen-bond donors (Lipinski definition) is 2. The molecule has 0 unspecified atom stereocenters. The Hall–Kier alpha value is -3.17. The third kappa shape index (κ3) is 4.62. The second-order valence-corrected chi connectivity index (χ2v) is 8.75. The molecule has 0 aliphatic rings. The minimum atomic E-state index is -0.287. The molecule has 0 atom stereocenters. The number of rotatable bonds is 8. The zero-order valence-corrected chi connectivity index (χ0v) is 18.8. The topological polar surface area (TPSA) is 87.5 Å². The van der Waals surface area contributed by atoms with Gasteiger partial charge in [0.25, 0.3) is 11.8 Å². The number of carbonyl (C=O) groups is 2. The van der Waals surface area contributed by atoms with Crippen LogP contribution in [0.4, 0.5) is 10.8 Å². The molecule has 2 amide bonds. The first-order valence-corrected chi connectivity index (χ1v) is 11.6. The summed E-state index contributed by atoms with van der Waals surface area (Å²) in [6.45, 7) is 6.25. The van der Waals surface area contributed by atoms with Crippen LogP contribution in [0.5, 0.6) is 0 Å². The fraction of sp³-hybridized carbons (Fsp3) is 0.227. The summed E-state index contributed by atoms with van der Waals surface area (Å²) < 4.78 is 6.23. The van der Waals surface area contributed by atoms with E-state index in [0.29, 0.717) is 21.9 Å². The van der Waals surface area contributed by atoms with Crippen molar-refractivity contribution >= 4 is 54.8 Å². The number of para-hydroxylation sites is 1. The Morgan fingerprint density at radius 1 is 1.06 bits per heavy atom. The van der Waals surface area contributed by atoms with Gasteiger partial charge in [-0.05, 0) is 44.2 Å². The summed E-state index contributed by atoms with van der Waals surface area (Å²) in [7, 11) is 0. The largest absolute Gasteiger partial charge is 0.467 e. The molecule has 0 saturated heterocycles. The molecule has 1 aromatic carbocycles. The molecule has 0 spiro atoms. The summed E-state index contributed by atoms with van der Waals surface area (Å²) in [6, 6.07) is 12.3. The highest BCUT2D eigenvalue weighted by Gasteiger charge is 2.18. The van der Waals surface area contributed by atoms with E-state index in [1.54, 1.807) is 54.0 Å². The van der Waals surface area contributed by atoms with E-state index in [2.05, 4.69) is 34.4 Å². The maximum Gasteiger partial charge on any atom is 0.265 e. The Morgan fingerprint density at radius 2 is 1.87 bits per heavy atom. The molecular formula is C22H22N4O3S2. The highest BCUT2D eigenvalue weighted by atomic mass is 32.1. The number of anilines is 2. The molecule has 9 heteroatoms. The second kappa shape index (κ2) is 9.32. The van der Waals surface area contributed by atoms with Gasteiger partial charge in [0, 0.05) is 13.1 Å². The van der Waals surface area contributed by atoms with Crippen LogP contribution in [0.2, 0.25) is 0 Å². The third-order valence-corrected chi connectivity index (χ3v) is 6.98. The summed E-state index contributed by atoms with van der Waals surface area (Å²) in [5, 5.41) is 6.64. The first-order valence-electron chi connectivity index (χ1n) is 9.95. The zero-order chi connectivity index (χ0) is 21.8. The van der Waals surface area contributed by atoms with E-state index in [-0.39, 0.29) is 18.4 Å². The van der Waals surface area contributed by atoms with Gasteiger partial charge in [0.2, 0.25) is 0 Å². The van der Waals surface area contributed by atoms with Crippen LogP contribution in [-0.2, 0) is 6.54 Å². The van der Waals surface area contributed by atoms with E-state index in [1.807, 2.05) is 6.07 Å². The van der Waals surface area contributed by atoms with E-state index < -0.39 is 0 Å². The van der Waals surface area contributed by atoms with E-state index >= 15 is 0 Å². The number of thiazole rings is 1. The van der Waals surface area contributed by atoms with Crippen LogP contribution in [0, 0.1) is 0 Å². The number of thiophene rings is 1. The smallest absolute Gasteiger partial charge is 0.265 e. The molecule has 0 radical (unpaired) electrons. The minimum Gasteiger partial charge on any atom is -0.467 e. The number of hydrogen-bond acceptors (Lipinski definition) is 7. The fourth-order valence-corrected chi connectivity index (χ4v) is 5.35. The molecule has 160 valence electrons. The van der Waals surface area contributed by atoms with Gasteiger partial charge in [-0.1, -0.05) is 23.5 Å². The molecule has 7 nitrogen and oxygen atoms in total. The maximum absolute atomic E-state index is 12.9. The van der Waals surface area contributed by atoms with Gasteiger partial charge >= 0.3 is 0 Å². The number of fused-ring (bicyclic) bond motifs is 1. The van der Waals surface area contributed by atoms with Gasteiger partial charge in [0.05, 0.1) is 33.6 Å². The SMILES string of the molecule is CCN(CC)c1nc2sc(C(=O)Nc3ccccc3C(=O)NCc3ccco3)cc2s1. The average molecular weight is 455 g/mol. The lowest BCUT2D eigenvalue weighted by atomic mass is 10.1. The number of amides is 2. The predicted octanol–water partition coefficient (Wildman–Crippen LogP) is 4.98. The van der Waals surface area contributed by atoms with Gasteiger partial charge in [-0.3, -0.25) is 9.59 Å². The Kier molecular flexibility index (Phi) is 6.34. The average Bonchev–Trinajstić information content (AvgIpc) is 3.50. The van der Waals surface area contributed by atoms with Crippen LogP contribution in [0.25, 0.3) is 9.53 Å². The Morgan fingerprint density at radius 3 is 2.58 bits per heavy atom. The molecule has 0 saturated carbocycles. The molecule has 3 aromatic heterocycles. The highest BCUT2D eigenvalue weighted by Crippen LogP contribution is 2.35. The molecule has 31 heavy (non-hydrogen) atoms. The van der Waals surface area contributed by atoms with Crippen molar-refractivity contribution < 1.29 is 14.0 Å². The molecule has 0 fully saturated rings. The van der Waals surface area contributed by atoms with Gasteiger partial charge in [0.1, 0.15) is 10.6 Å². The highest BCUT2D eigenvalue weighted by molar-refractivity contribution is 7.29. The quantitative estimate of drug-likeness (QED) is 0.392. The molecule has 0 aliphatic heterocycles. The van der Waals surface area contributed by atoms with Crippen molar-refractivity contribution in [2.45, 2.75) is 20.4 Å². The number of nitrogens with zero attached hydrogens (tertiary/aromatic N) is 2. The van der Waals surface area contributed by atoms with Gasteiger partial charge in [-0.2, -0.15) is 0 Å². The minimum absolute atomic E-state index is 0.258. The molecule has 4 aromatic rings. The lowest BCUT2D eigenvalue weighted by molar-refractivity contribution is 0.0949. The predicted molar refractivity (Wildman–Crippen MR) is 125 cm³/mol. The van der Waals surface area contributed by atoms with Crippen molar-refractivity contribution in [2.24, 2.45) is 0 Å². The first kappa shape index (κ1) is 21.1.